The van der Waals surface area contributed by atoms with Crippen LogP contribution in [0.15, 0.2) is 30.3 Å². The van der Waals surface area contributed by atoms with E-state index in [4.69, 9.17) is 11.6 Å². The molecule has 0 aromatic heterocycles. The summed E-state index contributed by atoms with van der Waals surface area (Å²) < 4.78 is 0. The molecule has 0 aliphatic rings. The molecular formula is C10H17ClMgSi. The molecule has 13 heavy (non-hydrogen) atoms. The topological polar surface area (TPSA) is 0 Å². The van der Waals surface area contributed by atoms with Crippen LogP contribution in [0.5, 0.6) is 0 Å². The number of hydrogen-bond donors (Lipinski definition) is 0. The normalized spacial score (nSPS) is 10.7. The first-order valence-electron chi connectivity index (χ1n) is 4.24. The summed E-state index contributed by atoms with van der Waals surface area (Å²) in [6.45, 7) is 4.65. The van der Waals surface area contributed by atoms with E-state index in [0.29, 0.717) is 0 Å². The molecule has 0 N–H and O–H groups in total. The molecule has 0 saturated carbocycles. The third kappa shape index (κ3) is 5.06. The van der Waals surface area contributed by atoms with E-state index in [1.165, 1.54) is 11.6 Å². The van der Waals surface area contributed by atoms with Crippen molar-refractivity contribution in [1.82, 2.24) is 0 Å². The SMILES string of the molecule is C[Si](C)(CCl)Cc1ccccc1.[MgH2]. The van der Waals surface area contributed by atoms with Crippen LogP contribution in [0.4, 0.5) is 0 Å². The van der Waals surface area contributed by atoms with Gasteiger partial charge in [0.15, 0.2) is 0 Å². The van der Waals surface area contributed by atoms with E-state index >= 15 is 0 Å². The highest BCUT2D eigenvalue weighted by molar-refractivity contribution is 6.82. The summed E-state index contributed by atoms with van der Waals surface area (Å²) in [7, 11) is -1.15. The lowest BCUT2D eigenvalue weighted by Gasteiger charge is -2.18. The molecule has 0 fully saturated rings. The lowest BCUT2D eigenvalue weighted by atomic mass is 10.2. The van der Waals surface area contributed by atoms with Crippen molar-refractivity contribution >= 4 is 42.7 Å². The van der Waals surface area contributed by atoms with E-state index in [1.807, 2.05) is 0 Å². The van der Waals surface area contributed by atoms with Gasteiger partial charge in [0.1, 0.15) is 0 Å². The van der Waals surface area contributed by atoms with Crippen molar-refractivity contribution in [1.29, 1.82) is 0 Å². The molecule has 0 aliphatic carbocycles. The largest absolute Gasteiger partial charge is 0.316 e. The van der Waals surface area contributed by atoms with Crippen LogP contribution in [0.1, 0.15) is 5.56 Å². The fourth-order valence-electron chi connectivity index (χ4n) is 1.20. The van der Waals surface area contributed by atoms with Gasteiger partial charge >= 0.3 is 23.1 Å². The average molecular weight is 225 g/mol. The van der Waals surface area contributed by atoms with Gasteiger partial charge < -0.3 is 0 Å². The number of benzene rings is 1. The number of rotatable bonds is 3. The van der Waals surface area contributed by atoms with E-state index in [1.54, 1.807) is 0 Å². The molecule has 0 amide bonds. The minimum absolute atomic E-state index is 0. The number of alkyl halides is 1. The molecule has 70 valence electrons. The maximum atomic E-state index is 5.90. The van der Waals surface area contributed by atoms with E-state index < -0.39 is 8.07 Å². The van der Waals surface area contributed by atoms with Gasteiger partial charge in [0.25, 0.3) is 0 Å². The van der Waals surface area contributed by atoms with Gasteiger partial charge in [-0.05, 0) is 6.04 Å². The Morgan fingerprint density at radius 3 is 2.15 bits per heavy atom. The Hall–Kier alpha value is 0.493. The summed E-state index contributed by atoms with van der Waals surface area (Å²) in [6, 6.07) is 11.8. The zero-order chi connectivity index (χ0) is 9.03. The molecule has 0 spiro atoms. The van der Waals surface area contributed by atoms with Gasteiger partial charge in [-0.25, -0.2) is 0 Å². The Bertz CT molecular complexity index is 236. The van der Waals surface area contributed by atoms with Gasteiger partial charge in [0.2, 0.25) is 0 Å². The van der Waals surface area contributed by atoms with Crippen LogP contribution in [-0.2, 0) is 6.04 Å². The van der Waals surface area contributed by atoms with Crippen LogP contribution < -0.4 is 0 Å². The summed E-state index contributed by atoms with van der Waals surface area (Å²) in [4.78, 5) is 0. The molecule has 1 aromatic rings. The third-order valence-corrected chi connectivity index (χ3v) is 6.15. The fourth-order valence-corrected chi connectivity index (χ4v) is 2.91. The predicted molar refractivity (Wildman–Crippen MR) is 66.9 cm³/mol. The minimum atomic E-state index is -1.15. The zero-order valence-electron chi connectivity index (χ0n) is 7.68. The Morgan fingerprint density at radius 1 is 1.15 bits per heavy atom. The zero-order valence-corrected chi connectivity index (χ0v) is 9.43. The van der Waals surface area contributed by atoms with E-state index in [-0.39, 0.29) is 23.1 Å². The maximum Gasteiger partial charge on any atom is 0.316 e. The highest BCUT2D eigenvalue weighted by Crippen LogP contribution is 2.12. The number of hydrogen-bond acceptors (Lipinski definition) is 0. The van der Waals surface area contributed by atoms with Crippen molar-refractivity contribution in [3.05, 3.63) is 35.9 Å². The predicted octanol–water partition coefficient (Wildman–Crippen LogP) is 2.34. The van der Waals surface area contributed by atoms with Gasteiger partial charge in [-0.15, -0.1) is 11.6 Å². The average Bonchev–Trinajstić information content (AvgIpc) is 2.06. The van der Waals surface area contributed by atoms with Crippen molar-refractivity contribution in [3.8, 4) is 0 Å². The summed E-state index contributed by atoms with van der Waals surface area (Å²) in [5.41, 5.74) is 2.27. The fraction of sp³-hybridized carbons (Fsp3) is 0.400. The Kier molecular flexibility index (Phi) is 6.30. The maximum absolute atomic E-state index is 5.90. The minimum Gasteiger partial charge on any atom is -0.130 e. The van der Waals surface area contributed by atoms with Crippen molar-refractivity contribution in [2.24, 2.45) is 0 Å². The van der Waals surface area contributed by atoms with Crippen molar-refractivity contribution in [2.45, 2.75) is 19.1 Å². The molecule has 0 nitrogen and oxygen atoms in total. The molecule has 1 rings (SSSR count). The van der Waals surface area contributed by atoms with Crippen LogP contribution >= 0.6 is 11.6 Å². The second-order valence-electron chi connectivity index (χ2n) is 3.96. The molecule has 0 aliphatic heterocycles. The quantitative estimate of drug-likeness (QED) is 0.547. The summed E-state index contributed by atoms with van der Waals surface area (Å²) in [5, 5.41) is 0. The van der Waals surface area contributed by atoms with Crippen molar-refractivity contribution in [2.75, 3.05) is 5.50 Å². The van der Waals surface area contributed by atoms with Crippen LogP contribution in [0.2, 0.25) is 13.1 Å². The van der Waals surface area contributed by atoms with Gasteiger partial charge in [-0.2, -0.15) is 0 Å². The highest BCUT2D eigenvalue weighted by Gasteiger charge is 2.19. The van der Waals surface area contributed by atoms with Crippen LogP contribution in [0.25, 0.3) is 0 Å². The molecule has 3 heteroatoms. The van der Waals surface area contributed by atoms with Gasteiger partial charge in [0.05, 0.1) is 8.07 Å². The van der Waals surface area contributed by atoms with Gasteiger partial charge in [0, 0.05) is 5.50 Å². The molecule has 0 saturated heterocycles. The summed E-state index contributed by atoms with van der Waals surface area (Å²) >= 11 is 5.90. The first-order valence-corrected chi connectivity index (χ1v) is 8.19. The Labute approximate surface area is 103 Å². The second kappa shape index (κ2) is 6.07. The van der Waals surface area contributed by atoms with E-state index in [9.17, 15) is 0 Å². The van der Waals surface area contributed by atoms with Crippen molar-refractivity contribution < 1.29 is 0 Å². The molecule has 0 unspecified atom stereocenters. The molecular weight excluding hydrogens is 208 g/mol. The van der Waals surface area contributed by atoms with E-state index in [0.717, 1.165) is 5.50 Å². The first kappa shape index (κ1) is 13.5. The third-order valence-electron chi connectivity index (χ3n) is 1.89. The monoisotopic (exact) mass is 224 g/mol. The van der Waals surface area contributed by atoms with Crippen molar-refractivity contribution in [3.63, 3.8) is 0 Å². The molecule has 0 radical (unpaired) electrons. The summed E-state index contributed by atoms with van der Waals surface area (Å²) in [5.74, 6) is 0. The lowest BCUT2D eigenvalue weighted by Crippen LogP contribution is -2.31. The highest BCUT2D eigenvalue weighted by atomic mass is 35.5. The molecule has 0 heterocycles. The Balaban J connectivity index is 0.00000144. The van der Waals surface area contributed by atoms with Crippen LogP contribution in [0.3, 0.4) is 0 Å². The van der Waals surface area contributed by atoms with Crippen LogP contribution in [0, 0.1) is 0 Å². The number of halogens is 1. The summed E-state index contributed by atoms with van der Waals surface area (Å²) in [6.07, 6.45) is 0. The molecule has 0 atom stereocenters. The lowest BCUT2D eigenvalue weighted by molar-refractivity contribution is 1.30. The molecule has 0 bridgehead atoms. The van der Waals surface area contributed by atoms with Gasteiger partial charge in [-0.1, -0.05) is 49.0 Å². The first-order chi connectivity index (χ1) is 5.64. The van der Waals surface area contributed by atoms with Crippen LogP contribution in [-0.4, -0.2) is 36.6 Å². The Morgan fingerprint density at radius 2 is 1.69 bits per heavy atom. The van der Waals surface area contributed by atoms with E-state index in [2.05, 4.69) is 43.4 Å². The van der Waals surface area contributed by atoms with Gasteiger partial charge in [-0.3, -0.25) is 0 Å². The molecule has 1 aromatic carbocycles. The second-order valence-corrected chi connectivity index (χ2v) is 9.71. The standard InChI is InChI=1S/C10H15ClSi.Mg.2H/c1-12(2,9-11)8-10-6-4-3-5-7-10;;;/h3-7H,8-9H2,1-2H3;;;. The smallest absolute Gasteiger partial charge is 0.130 e.